The number of amides is 2. The number of hydrogen-bond acceptors (Lipinski definition) is 18. The number of thiazole rings is 1. The lowest BCUT2D eigenvalue weighted by atomic mass is 9.71. The number of nitrogen functional groups attached to an aromatic ring is 1. The number of ether oxygens (including phenoxy) is 1. The number of anilines is 4. The summed E-state index contributed by atoms with van der Waals surface area (Å²) in [6.07, 6.45) is 13.1. The highest BCUT2D eigenvalue weighted by Gasteiger charge is 2.46. The molecule has 1 spiro atoms. The maximum atomic E-state index is 14.5. The van der Waals surface area contributed by atoms with E-state index in [1.165, 1.54) is 64.1 Å². The molecule has 86 heavy (non-hydrogen) atoms. The van der Waals surface area contributed by atoms with Gasteiger partial charge in [0.15, 0.2) is 17.4 Å². The van der Waals surface area contributed by atoms with Gasteiger partial charge >= 0.3 is 0 Å². The molecule has 7 fully saturated rings. The molecule has 1 saturated carbocycles. The highest BCUT2D eigenvalue weighted by molar-refractivity contribution is 7.13. The van der Waals surface area contributed by atoms with Gasteiger partial charge in [-0.3, -0.25) is 9.59 Å². The number of nitrogens with zero attached hydrogens (tertiary/aromatic N) is 11. The number of β-amino-alcohol motifs (C(OH)–C–C–N with tert-alkyl or cyclic N) is 1. The number of phenols is 1. The molecule has 13 rings (SSSR count). The standard InChI is InChI=1S/C66H85N13O6S/c1-41(2)61(65(83)78-39-51(80)32-56(78)64(82)70-42(3)46-9-11-47(12-10-46)62-43(4)69-40-86-62)58-34-59(73-85-58)76-27-20-66(21-28-76)18-25-75(26-19-66)35-44-16-23-74(24-17-44)36-45-29-52(30-45)84-60-31-48(15-22-68-60)79-49-13-14-50(79)38-77(37-49)55-33-54(71-72-63(55)67)53-7-5-6-8-57(53)81/h5-12,15,22,31,33-34,40-42,44-45,49-52,56,61,80-81H,13-14,16-21,23-30,32,35-39H2,1-4H3,(H2,67,72)(H,70,82)/t42-,45?,49+,50?,51+,52?,56-,61-/m0/s1. The van der Waals surface area contributed by atoms with Crippen molar-refractivity contribution in [1.82, 2.24) is 45.3 Å². The molecule has 0 radical (unpaired) electrons. The molecule has 10 heterocycles. The van der Waals surface area contributed by atoms with Gasteiger partial charge in [-0.2, -0.15) is 0 Å². The van der Waals surface area contributed by atoms with Crippen LogP contribution in [0.5, 0.6) is 11.6 Å². The molecular formula is C66H85N13O6S. The quantitative estimate of drug-likeness (QED) is 0.0670. The second-order valence-corrected chi connectivity index (χ2v) is 27.4. The van der Waals surface area contributed by atoms with Gasteiger partial charge in [0.2, 0.25) is 17.7 Å². The molecule has 19 nitrogen and oxygen atoms in total. The third kappa shape index (κ3) is 12.2. The molecule has 7 aliphatic rings. The molecule has 456 valence electrons. The Kier molecular flexibility index (Phi) is 16.7. The third-order valence-corrected chi connectivity index (χ3v) is 21.5. The van der Waals surface area contributed by atoms with E-state index in [1.54, 1.807) is 28.4 Å². The number of para-hydroxylation sites is 1. The summed E-state index contributed by atoms with van der Waals surface area (Å²) in [5.41, 5.74) is 14.9. The van der Waals surface area contributed by atoms with Crippen LogP contribution in [-0.2, 0) is 9.59 Å². The number of aliphatic hydroxyl groups is 1. The molecule has 5 N–H and O–H groups in total. The number of nitrogens with two attached hydrogens (primary N) is 1. The van der Waals surface area contributed by atoms with Crippen molar-refractivity contribution in [2.75, 3.05) is 92.4 Å². The summed E-state index contributed by atoms with van der Waals surface area (Å²) in [6.45, 7) is 18.6. The fourth-order valence-electron chi connectivity index (χ4n) is 15.4. The number of hydrogen-bond donors (Lipinski definition) is 4. The molecule has 6 aromatic rings. The average molecular weight is 1190 g/mol. The van der Waals surface area contributed by atoms with Gasteiger partial charge in [0, 0.05) is 93.9 Å². The number of pyridine rings is 1. The van der Waals surface area contributed by atoms with Crippen molar-refractivity contribution in [2.45, 2.75) is 141 Å². The largest absolute Gasteiger partial charge is 0.507 e. The van der Waals surface area contributed by atoms with Crippen molar-refractivity contribution in [2.24, 2.45) is 23.2 Å². The van der Waals surface area contributed by atoms with Crippen LogP contribution in [0.3, 0.4) is 0 Å². The summed E-state index contributed by atoms with van der Waals surface area (Å²) < 4.78 is 12.6. The van der Waals surface area contributed by atoms with Crippen molar-refractivity contribution in [3.05, 3.63) is 102 Å². The normalized spacial score (nSPS) is 25.2. The Hall–Kier alpha value is -6.87. The van der Waals surface area contributed by atoms with E-state index in [4.69, 9.17) is 15.0 Å². The number of piperidine rings is 3. The molecule has 1 aliphatic carbocycles. The minimum Gasteiger partial charge on any atom is -0.507 e. The van der Waals surface area contributed by atoms with Crippen LogP contribution in [0, 0.1) is 30.1 Å². The number of benzene rings is 2. The summed E-state index contributed by atoms with van der Waals surface area (Å²) >= 11 is 1.61. The van der Waals surface area contributed by atoms with Crippen LogP contribution in [0.25, 0.3) is 21.7 Å². The van der Waals surface area contributed by atoms with Crippen LogP contribution in [0.4, 0.5) is 23.0 Å². The first-order valence-electron chi connectivity index (χ1n) is 31.7. The topological polar surface area (TPSA) is 219 Å². The van der Waals surface area contributed by atoms with Gasteiger partial charge in [-0.1, -0.05) is 55.4 Å². The molecular weight excluding hydrogens is 1100 g/mol. The van der Waals surface area contributed by atoms with E-state index in [2.05, 4.69) is 79.4 Å². The number of likely N-dealkylation sites (tertiary alicyclic amines) is 3. The smallest absolute Gasteiger partial charge is 0.243 e. The Morgan fingerprint density at radius 2 is 1.52 bits per heavy atom. The Morgan fingerprint density at radius 3 is 2.23 bits per heavy atom. The van der Waals surface area contributed by atoms with E-state index in [0.717, 1.165) is 116 Å². The van der Waals surface area contributed by atoms with Gasteiger partial charge in [-0.05, 0) is 163 Å². The van der Waals surface area contributed by atoms with Crippen molar-refractivity contribution >= 4 is 46.2 Å². The first kappa shape index (κ1) is 58.2. The van der Waals surface area contributed by atoms with Gasteiger partial charge in [0.05, 0.1) is 39.6 Å². The van der Waals surface area contributed by atoms with Crippen LogP contribution in [0.15, 0.2) is 89.0 Å². The van der Waals surface area contributed by atoms with Gasteiger partial charge in [0.1, 0.15) is 23.8 Å². The highest BCUT2D eigenvalue weighted by atomic mass is 32.1. The lowest BCUT2D eigenvalue weighted by Crippen LogP contribution is -2.54. The molecule has 2 amide bonds. The summed E-state index contributed by atoms with van der Waals surface area (Å²) in [5.74, 6) is 2.74. The summed E-state index contributed by atoms with van der Waals surface area (Å²) in [5, 5.41) is 37.6. The number of rotatable bonds is 17. The Labute approximate surface area is 509 Å². The highest BCUT2D eigenvalue weighted by Crippen LogP contribution is 2.45. The minimum atomic E-state index is -0.794. The summed E-state index contributed by atoms with van der Waals surface area (Å²) in [4.78, 5) is 52.7. The fourth-order valence-corrected chi connectivity index (χ4v) is 16.2. The maximum Gasteiger partial charge on any atom is 0.243 e. The van der Waals surface area contributed by atoms with E-state index in [9.17, 15) is 19.8 Å². The number of aliphatic hydroxyl groups excluding tert-OH is 1. The molecule has 4 aromatic heterocycles. The predicted molar refractivity (Wildman–Crippen MR) is 334 cm³/mol. The Balaban J connectivity index is 0.522. The van der Waals surface area contributed by atoms with Crippen molar-refractivity contribution in [3.63, 3.8) is 0 Å². The zero-order chi connectivity index (χ0) is 59.2. The van der Waals surface area contributed by atoms with E-state index in [-0.39, 0.29) is 48.6 Å². The predicted octanol–water partition coefficient (Wildman–Crippen LogP) is 8.93. The third-order valence-electron chi connectivity index (χ3n) is 20.5. The van der Waals surface area contributed by atoms with Crippen molar-refractivity contribution in [3.8, 4) is 33.3 Å². The number of carbonyl (C=O) groups excluding carboxylic acids is 2. The summed E-state index contributed by atoms with van der Waals surface area (Å²) in [6, 6.07) is 23.1. The fraction of sp³-hybridized carbons (Fsp3) is 0.561. The number of aryl methyl sites for hydroxylation is 1. The first-order chi connectivity index (χ1) is 41.7. The Morgan fingerprint density at radius 1 is 0.814 bits per heavy atom. The monoisotopic (exact) mass is 1190 g/mol. The number of carbonyl (C=O) groups is 2. The van der Waals surface area contributed by atoms with E-state index in [0.29, 0.717) is 46.3 Å². The molecule has 1 unspecified atom stereocenters. The van der Waals surface area contributed by atoms with E-state index in [1.807, 2.05) is 75.8 Å². The zero-order valence-corrected chi connectivity index (χ0v) is 51.2. The maximum absolute atomic E-state index is 14.5. The van der Waals surface area contributed by atoms with E-state index >= 15 is 0 Å². The molecule has 20 heteroatoms. The number of aromatic hydroxyl groups is 1. The van der Waals surface area contributed by atoms with Gasteiger partial charge < -0.3 is 59.9 Å². The van der Waals surface area contributed by atoms with Crippen LogP contribution in [-0.4, -0.2) is 164 Å². The number of aromatic nitrogens is 5. The van der Waals surface area contributed by atoms with Crippen LogP contribution in [0.2, 0.25) is 0 Å². The lowest BCUT2D eigenvalue weighted by Gasteiger charge is -2.47. The lowest BCUT2D eigenvalue weighted by molar-refractivity contribution is -0.141. The molecule has 2 bridgehead atoms. The van der Waals surface area contributed by atoms with Crippen LogP contribution in [0.1, 0.15) is 120 Å². The molecule has 6 atom stereocenters. The van der Waals surface area contributed by atoms with Gasteiger partial charge in [0.25, 0.3) is 0 Å². The van der Waals surface area contributed by atoms with Gasteiger partial charge in [-0.15, -0.1) is 21.5 Å². The zero-order valence-electron chi connectivity index (χ0n) is 50.3. The molecule has 6 aliphatic heterocycles. The van der Waals surface area contributed by atoms with Crippen molar-refractivity contribution < 1.29 is 29.1 Å². The number of piperazine rings is 1. The Bertz CT molecular complexity index is 3310. The van der Waals surface area contributed by atoms with Gasteiger partial charge in [-0.25, -0.2) is 9.97 Å². The molecule has 6 saturated heterocycles. The number of phenolic OH excluding ortho intramolecular Hbond substituents is 1. The second kappa shape index (κ2) is 24.7. The SMILES string of the molecule is Cc1ncsc1-c1ccc([C@H](C)NC(=O)[C@@H]2C[C@@H](O)CN2C(=O)[C@H](c2cc(N3CCC4(CCN(CC5CCN(CC6CC(Oc7cc(N8C9CC[C@@H]8CN(c8cc(-c%10ccccc%10O)nnc8N)C9)ccn7)C6)CC5)CC4)CC3)no2)C(C)C)cc1. The first-order valence-corrected chi connectivity index (χ1v) is 32.6. The van der Waals surface area contributed by atoms with E-state index < -0.39 is 18.1 Å². The second-order valence-electron chi connectivity index (χ2n) is 26.5. The average Bonchev–Trinajstić information content (AvgIpc) is 2.24. The van der Waals surface area contributed by atoms with Crippen molar-refractivity contribution in [1.29, 1.82) is 0 Å². The number of nitrogens with one attached hydrogen (secondary N) is 1. The number of fused-ring (bicyclic) bond motifs is 2. The van der Waals surface area contributed by atoms with Crippen LogP contribution < -0.4 is 30.5 Å². The molecule has 2 aromatic carbocycles. The van der Waals surface area contributed by atoms with Crippen LogP contribution >= 0.6 is 11.3 Å². The minimum absolute atomic E-state index is 0.0955. The summed E-state index contributed by atoms with van der Waals surface area (Å²) in [7, 11) is 0.